The number of aromatic nitrogens is 1. The topological polar surface area (TPSA) is 43.1 Å². The Morgan fingerprint density at radius 2 is 1.42 bits per heavy atom. The van der Waals surface area contributed by atoms with Crippen LogP contribution in [0, 0.1) is 0 Å². The molecule has 19 heavy (non-hydrogen) atoms. The van der Waals surface area contributed by atoms with Gasteiger partial charge in [-0.1, -0.05) is 65.8 Å². The van der Waals surface area contributed by atoms with E-state index < -0.39 is 0 Å². The second kappa shape index (κ2) is 4.90. The number of carbonyl (C=O) groups excluding carboxylic acids is 1. The summed E-state index contributed by atoms with van der Waals surface area (Å²) in [4.78, 5) is 11.4. The standard InChI is InChI=1S/C16H11NO2/c18-11-14-15(12-7-3-1-4-8-12)17-19-16(14)13-9-5-2-6-10-13/h1-11H. The summed E-state index contributed by atoms with van der Waals surface area (Å²) in [5.74, 6) is 0.509. The molecule has 3 aromatic rings. The van der Waals surface area contributed by atoms with Crippen LogP contribution in [0.4, 0.5) is 0 Å². The van der Waals surface area contributed by atoms with Gasteiger partial charge in [0.05, 0.1) is 5.56 Å². The van der Waals surface area contributed by atoms with Gasteiger partial charge in [0.25, 0.3) is 0 Å². The first-order valence-corrected chi connectivity index (χ1v) is 5.96. The van der Waals surface area contributed by atoms with Crippen molar-refractivity contribution in [2.75, 3.05) is 0 Å². The molecule has 0 aliphatic carbocycles. The van der Waals surface area contributed by atoms with Crippen molar-refractivity contribution in [2.45, 2.75) is 0 Å². The van der Waals surface area contributed by atoms with Crippen molar-refractivity contribution in [3.8, 4) is 22.6 Å². The molecule has 1 heterocycles. The van der Waals surface area contributed by atoms with Gasteiger partial charge < -0.3 is 4.52 Å². The molecule has 3 heteroatoms. The molecule has 1 aromatic heterocycles. The second-order valence-electron chi connectivity index (χ2n) is 4.12. The van der Waals surface area contributed by atoms with Crippen LogP contribution in [0.15, 0.2) is 65.2 Å². The first-order chi connectivity index (χ1) is 9.40. The van der Waals surface area contributed by atoms with E-state index in [0.29, 0.717) is 17.0 Å². The van der Waals surface area contributed by atoms with Crippen LogP contribution in [0.5, 0.6) is 0 Å². The predicted octanol–water partition coefficient (Wildman–Crippen LogP) is 3.82. The van der Waals surface area contributed by atoms with E-state index in [-0.39, 0.29) is 0 Å². The third-order valence-corrected chi connectivity index (χ3v) is 2.93. The fourth-order valence-corrected chi connectivity index (χ4v) is 2.01. The van der Waals surface area contributed by atoms with Crippen molar-refractivity contribution in [3.63, 3.8) is 0 Å². The van der Waals surface area contributed by atoms with Gasteiger partial charge in [0.2, 0.25) is 0 Å². The number of rotatable bonds is 3. The van der Waals surface area contributed by atoms with Gasteiger partial charge in [0.1, 0.15) is 5.69 Å². The summed E-state index contributed by atoms with van der Waals surface area (Å²) in [6, 6.07) is 19.0. The lowest BCUT2D eigenvalue weighted by Gasteiger charge is -1.97. The Morgan fingerprint density at radius 1 is 0.842 bits per heavy atom. The molecule has 92 valence electrons. The molecule has 0 aliphatic rings. The SMILES string of the molecule is O=Cc1c(-c2ccccc2)noc1-c1ccccc1. The van der Waals surface area contributed by atoms with Gasteiger partial charge in [0.15, 0.2) is 12.0 Å². The highest BCUT2D eigenvalue weighted by molar-refractivity contribution is 5.93. The molecule has 0 atom stereocenters. The lowest BCUT2D eigenvalue weighted by Crippen LogP contribution is -1.86. The Hall–Kier alpha value is -2.68. The third-order valence-electron chi connectivity index (χ3n) is 2.93. The van der Waals surface area contributed by atoms with Crippen molar-refractivity contribution < 1.29 is 9.32 Å². The van der Waals surface area contributed by atoms with Crippen LogP contribution in [0.1, 0.15) is 10.4 Å². The first-order valence-electron chi connectivity index (χ1n) is 5.96. The quantitative estimate of drug-likeness (QED) is 0.663. The van der Waals surface area contributed by atoms with Crippen molar-refractivity contribution in [2.24, 2.45) is 0 Å². The van der Waals surface area contributed by atoms with Crippen LogP contribution in [0.25, 0.3) is 22.6 Å². The lowest BCUT2D eigenvalue weighted by atomic mass is 10.0. The van der Waals surface area contributed by atoms with Crippen LogP contribution in [0.2, 0.25) is 0 Å². The third kappa shape index (κ3) is 2.06. The molecule has 0 N–H and O–H groups in total. The molecule has 0 spiro atoms. The van der Waals surface area contributed by atoms with Crippen LogP contribution < -0.4 is 0 Å². The first kappa shape index (κ1) is 11.4. The van der Waals surface area contributed by atoms with Crippen molar-refractivity contribution in [1.29, 1.82) is 0 Å². The zero-order chi connectivity index (χ0) is 13.1. The minimum absolute atomic E-state index is 0.484. The number of benzene rings is 2. The molecule has 0 radical (unpaired) electrons. The molecule has 0 fully saturated rings. The van der Waals surface area contributed by atoms with E-state index in [2.05, 4.69) is 5.16 Å². The van der Waals surface area contributed by atoms with E-state index >= 15 is 0 Å². The summed E-state index contributed by atoms with van der Waals surface area (Å²) in [5.41, 5.74) is 2.78. The molecule has 0 bridgehead atoms. The van der Waals surface area contributed by atoms with E-state index in [1.807, 2.05) is 60.7 Å². The molecule has 0 amide bonds. The molecule has 3 nitrogen and oxygen atoms in total. The fourth-order valence-electron chi connectivity index (χ4n) is 2.01. The van der Waals surface area contributed by atoms with E-state index in [1.165, 1.54) is 0 Å². The molecule has 2 aromatic carbocycles. The molecule has 3 rings (SSSR count). The van der Waals surface area contributed by atoms with E-state index in [1.54, 1.807) is 0 Å². The van der Waals surface area contributed by atoms with Gasteiger partial charge in [-0.25, -0.2) is 0 Å². The van der Waals surface area contributed by atoms with E-state index in [9.17, 15) is 4.79 Å². The largest absolute Gasteiger partial charge is 0.355 e. The minimum Gasteiger partial charge on any atom is -0.355 e. The average Bonchev–Trinajstić information content (AvgIpc) is 2.93. The van der Waals surface area contributed by atoms with Crippen LogP contribution in [0.3, 0.4) is 0 Å². The molecular formula is C16H11NO2. The zero-order valence-electron chi connectivity index (χ0n) is 10.1. The summed E-state index contributed by atoms with van der Waals surface area (Å²) in [6.07, 6.45) is 0.793. The Bertz CT molecular complexity index is 630. The smallest absolute Gasteiger partial charge is 0.178 e. The van der Waals surface area contributed by atoms with Crippen LogP contribution in [-0.2, 0) is 0 Å². The monoisotopic (exact) mass is 249 g/mol. The van der Waals surface area contributed by atoms with Crippen molar-refractivity contribution in [1.82, 2.24) is 5.16 Å². The number of hydrogen-bond donors (Lipinski definition) is 0. The maximum absolute atomic E-state index is 11.4. The van der Waals surface area contributed by atoms with Crippen LogP contribution in [-0.4, -0.2) is 11.4 Å². The van der Waals surface area contributed by atoms with Gasteiger partial charge in [-0.15, -0.1) is 0 Å². The zero-order valence-corrected chi connectivity index (χ0v) is 10.1. The Kier molecular flexibility index (Phi) is 2.94. The van der Waals surface area contributed by atoms with Gasteiger partial charge in [-0.2, -0.15) is 0 Å². The highest BCUT2D eigenvalue weighted by atomic mass is 16.5. The molecule has 0 saturated heterocycles. The summed E-state index contributed by atoms with van der Waals surface area (Å²) in [7, 11) is 0. The van der Waals surface area contributed by atoms with Gasteiger partial charge in [-0.3, -0.25) is 4.79 Å². The summed E-state index contributed by atoms with van der Waals surface area (Å²) in [6.45, 7) is 0. The van der Waals surface area contributed by atoms with Crippen LogP contribution >= 0.6 is 0 Å². The van der Waals surface area contributed by atoms with Gasteiger partial charge in [-0.05, 0) is 0 Å². The number of carbonyl (C=O) groups is 1. The summed E-state index contributed by atoms with van der Waals surface area (Å²) in [5, 5.41) is 4.03. The number of nitrogens with zero attached hydrogens (tertiary/aromatic N) is 1. The molecule has 0 saturated carbocycles. The number of aldehydes is 1. The highest BCUT2D eigenvalue weighted by Gasteiger charge is 2.17. The maximum Gasteiger partial charge on any atom is 0.178 e. The molecule has 0 unspecified atom stereocenters. The van der Waals surface area contributed by atoms with Crippen molar-refractivity contribution in [3.05, 3.63) is 66.2 Å². The summed E-state index contributed by atoms with van der Waals surface area (Å²) < 4.78 is 5.35. The normalized spacial score (nSPS) is 10.3. The van der Waals surface area contributed by atoms with Gasteiger partial charge >= 0.3 is 0 Å². The molecular weight excluding hydrogens is 238 g/mol. The lowest BCUT2D eigenvalue weighted by molar-refractivity contribution is 0.112. The average molecular weight is 249 g/mol. The maximum atomic E-state index is 11.4. The Labute approximate surface area is 110 Å². The summed E-state index contributed by atoms with van der Waals surface area (Å²) >= 11 is 0. The highest BCUT2D eigenvalue weighted by Crippen LogP contribution is 2.30. The Morgan fingerprint density at radius 3 is 2.00 bits per heavy atom. The van der Waals surface area contributed by atoms with Gasteiger partial charge in [0, 0.05) is 11.1 Å². The minimum atomic E-state index is 0.484. The predicted molar refractivity (Wildman–Crippen MR) is 72.8 cm³/mol. The second-order valence-corrected chi connectivity index (χ2v) is 4.12. The van der Waals surface area contributed by atoms with E-state index in [4.69, 9.17) is 4.52 Å². The fraction of sp³-hybridized carbons (Fsp3) is 0. The molecule has 0 aliphatic heterocycles. The van der Waals surface area contributed by atoms with Crippen molar-refractivity contribution >= 4 is 6.29 Å². The van der Waals surface area contributed by atoms with E-state index in [0.717, 1.165) is 17.4 Å². The Balaban J connectivity index is 2.15. The number of hydrogen-bond acceptors (Lipinski definition) is 3.